The molecule has 5 heteroatoms. The van der Waals surface area contributed by atoms with Crippen LogP contribution in [0.4, 0.5) is 13.2 Å². The highest BCUT2D eigenvalue weighted by Crippen LogP contribution is 2.44. The van der Waals surface area contributed by atoms with E-state index in [-0.39, 0.29) is 28.3 Å². The van der Waals surface area contributed by atoms with E-state index in [1.807, 2.05) is 18.2 Å². The van der Waals surface area contributed by atoms with Crippen LogP contribution < -0.4 is 0 Å². The van der Waals surface area contributed by atoms with Gasteiger partial charge in [0.15, 0.2) is 0 Å². The van der Waals surface area contributed by atoms with Crippen LogP contribution in [0.1, 0.15) is 22.4 Å². The molecule has 0 amide bonds. The van der Waals surface area contributed by atoms with Gasteiger partial charge in [-0.2, -0.15) is 13.2 Å². The van der Waals surface area contributed by atoms with Gasteiger partial charge in [-0.25, -0.2) is 0 Å². The molecule has 94 valence electrons. The fourth-order valence-corrected chi connectivity index (χ4v) is 3.75. The van der Waals surface area contributed by atoms with E-state index in [0.717, 1.165) is 6.42 Å². The molecule has 0 N–H and O–H groups in total. The number of rotatable bonds is 3. The van der Waals surface area contributed by atoms with Gasteiger partial charge in [0.2, 0.25) is 0 Å². The highest BCUT2D eigenvalue weighted by atomic mass is 79.9. The molecule has 1 aromatic carbocycles. The normalized spacial score (nSPS) is 23.8. The summed E-state index contributed by atoms with van der Waals surface area (Å²) in [6.45, 7) is 0. The molecule has 0 nitrogen and oxygen atoms in total. The molecule has 1 aromatic rings. The monoisotopic (exact) mass is 324 g/mol. The summed E-state index contributed by atoms with van der Waals surface area (Å²) in [4.78, 5) is 0.201. The van der Waals surface area contributed by atoms with Gasteiger partial charge in [-0.3, -0.25) is 0 Å². The Morgan fingerprint density at radius 2 is 2.00 bits per heavy atom. The van der Waals surface area contributed by atoms with Crippen LogP contribution in [0.3, 0.4) is 0 Å². The first-order valence-corrected chi connectivity index (χ1v) is 7.30. The molecule has 0 saturated heterocycles. The van der Waals surface area contributed by atoms with E-state index >= 15 is 0 Å². The summed E-state index contributed by atoms with van der Waals surface area (Å²) in [5.41, 5.74) is -1.61. The Kier molecular flexibility index (Phi) is 4.08. The summed E-state index contributed by atoms with van der Waals surface area (Å²) in [5, 5.41) is 0. The van der Waals surface area contributed by atoms with Crippen molar-refractivity contribution in [1.82, 2.24) is 0 Å². The van der Waals surface area contributed by atoms with Crippen molar-refractivity contribution in [2.45, 2.75) is 23.2 Å². The van der Waals surface area contributed by atoms with Crippen LogP contribution >= 0.6 is 27.7 Å². The maximum absolute atomic E-state index is 12.0. The molecule has 0 bridgehead atoms. The van der Waals surface area contributed by atoms with E-state index in [1.165, 1.54) is 11.1 Å². The lowest BCUT2D eigenvalue weighted by Crippen LogP contribution is -2.07. The highest BCUT2D eigenvalue weighted by molar-refractivity contribution is 9.09. The second-order valence-electron chi connectivity index (χ2n) is 4.15. The Morgan fingerprint density at radius 1 is 1.29 bits per heavy atom. The van der Waals surface area contributed by atoms with E-state index in [4.69, 9.17) is 0 Å². The molecular formula is C12H12BrF3S. The van der Waals surface area contributed by atoms with Crippen molar-refractivity contribution in [2.24, 2.45) is 5.92 Å². The Bertz CT molecular complexity index is 392. The largest absolute Gasteiger partial charge is 0.441 e. The van der Waals surface area contributed by atoms with Crippen molar-refractivity contribution in [3.8, 4) is 0 Å². The average Bonchev–Trinajstić information content (AvgIpc) is 2.55. The lowest BCUT2D eigenvalue weighted by molar-refractivity contribution is -0.0328. The minimum absolute atomic E-state index is 0.0804. The van der Waals surface area contributed by atoms with Crippen LogP contribution in [-0.2, 0) is 6.42 Å². The maximum atomic E-state index is 12.0. The molecule has 0 heterocycles. The second kappa shape index (κ2) is 5.22. The molecule has 0 aliphatic heterocycles. The lowest BCUT2D eigenvalue weighted by atomic mass is 10.0. The smallest absolute Gasteiger partial charge is 0.160 e. The molecule has 1 aliphatic rings. The summed E-state index contributed by atoms with van der Waals surface area (Å²) in [5.74, 6) is 0.423. The van der Waals surface area contributed by atoms with E-state index in [0.29, 0.717) is 6.42 Å². The molecule has 2 atom stereocenters. The van der Waals surface area contributed by atoms with E-state index < -0.39 is 5.51 Å². The molecule has 2 unspecified atom stereocenters. The predicted octanol–water partition coefficient (Wildman–Crippen LogP) is 4.94. The van der Waals surface area contributed by atoms with Gasteiger partial charge in [0.25, 0.3) is 0 Å². The first-order valence-electron chi connectivity index (χ1n) is 5.40. The zero-order valence-corrected chi connectivity index (χ0v) is 11.4. The summed E-state index contributed by atoms with van der Waals surface area (Å²) < 4.78 is 36.1. The molecule has 0 saturated carbocycles. The van der Waals surface area contributed by atoms with Gasteiger partial charge >= 0.3 is 5.51 Å². The number of hydrogen-bond donors (Lipinski definition) is 0. The highest BCUT2D eigenvalue weighted by Gasteiger charge is 2.32. The van der Waals surface area contributed by atoms with Gasteiger partial charge in [-0.1, -0.05) is 52.0 Å². The lowest BCUT2D eigenvalue weighted by Gasteiger charge is -2.14. The molecular weight excluding hydrogens is 313 g/mol. The van der Waals surface area contributed by atoms with Gasteiger partial charge in [0, 0.05) is 10.6 Å². The van der Waals surface area contributed by atoms with Gasteiger partial charge in [0.05, 0.1) is 0 Å². The Labute approximate surface area is 111 Å². The van der Waals surface area contributed by atoms with Crippen molar-refractivity contribution in [3.63, 3.8) is 0 Å². The van der Waals surface area contributed by atoms with E-state index in [9.17, 15) is 13.2 Å². The van der Waals surface area contributed by atoms with Crippen molar-refractivity contribution in [2.75, 3.05) is 5.75 Å². The minimum atomic E-state index is -4.10. The Hall–Kier alpha value is -0.160. The van der Waals surface area contributed by atoms with Gasteiger partial charge in [0.1, 0.15) is 0 Å². The Balaban J connectivity index is 1.90. The van der Waals surface area contributed by atoms with Crippen molar-refractivity contribution in [1.29, 1.82) is 0 Å². The number of alkyl halides is 4. The van der Waals surface area contributed by atoms with Crippen LogP contribution in [0.5, 0.6) is 0 Å². The fraction of sp³-hybridized carbons (Fsp3) is 0.500. The van der Waals surface area contributed by atoms with Crippen LogP contribution in [0.25, 0.3) is 0 Å². The van der Waals surface area contributed by atoms with Crippen molar-refractivity contribution < 1.29 is 13.2 Å². The zero-order chi connectivity index (χ0) is 12.5. The van der Waals surface area contributed by atoms with Crippen LogP contribution in [0.15, 0.2) is 24.3 Å². The van der Waals surface area contributed by atoms with Crippen LogP contribution in [0.2, 0.25) is 0 Å². The van der Waals surface area contributed by atoms with Gasteiger partial charge < -0.3 is 0 Å². The average molecular weight is 325 g/mol. The number of halogens is 4. The van der Waals surface area contributed by atoms with Crippen molar-refractivity contribution in [3.05, 3.63) is 35.4 Å². The molecule has 0 spiro atoms. The first kappa shape index (κ1) is 13.3. The number of hydrogen-bond acceptors (Lipinski definition) is 1. The Morgan fingerprint density at radius 3 is 2.65 bits per heavy atom. The summed E-state index contributed by atoms with van der Waals surface area (Å²) in [6, 6.07) is 8.05. The quantitative estimate of drug-likeness (QED) is 0.710. The summed E-state index contributed by atoms with van der Waals surface area (Å²) in [6.07, 6.45) is 1.47. The minimum Gasteiger partial charge on any atom is -0.160 e. The number of benzene rings is 1. The molecule has 2 rings (SSSR count). The standard InChI is InChI=1S/C12H12BrF3S/c13-11-9(5-6-17-12(14,15)16)7-8-3-1-2-4-10(8)11/h1-4,9,11H,5-7H2. The zero-order valence-electron chi connectivity index (χ0n) is 9.01. The second-order valence-corrected chi connectivity index (χ2v) is 6.29. The maximum Gasteiger partial charge on any atom is 0.441 e. The van der Waals surface area contributed by atoms with E-state index in [2.05, 4.69) is 22.0 Å². The molecule has 17 heavy (non-hydrogen) atoms. The number of thioether (sulfide) groups is 1. The van der Waals surface area contributed by atoms with E-state index in [1.54, 1.807) is 0 Å². The summed E-state index contributed by atoms with van der Waals surface area (Å²) in [7, 11) is 0. The first-order chi connectivity index (χ1) is 7.97. The van der Waals surface area contributed by atoms with Crippen LogP contribution in [-0.4, -0.2) is 11.3 Å². The van der Waals surface area contributed by atoms with Gasteiger partial charge in [-0.15, -0.1) is 0 Å². The molecule has 0 fully saturated rings. The predicted molar refractivity (Wildman–Crippen MR) is 68.4 cm³/mol. The number of fused-ring (bicyclic) bond motifs is 1. The molecule has 0 radical (unpaired) electrons. The van der Waals surface area contributed by atoms with Crippen molar-refractivity contribution >= 4 is 27.7 Å². The topological polar surface area (TPSA) is 0 Å². The van der Waals surface area contributed by atoms with Gasteiger partial charge in [-0.05, 0) is 29.9 Å². The molecule has 1 aliphatic carbocycles. The fourth-order valence-electron chi connectivity index (χ4n) is 2.20. The third kappa shape index (κ3) is 3.41. The van der Waals surface area contributed by atoms with Crippen LogP contribution in [0, 0.1) is 5.92 Å². The summed E-state index contributed by atoms with van der Waals surface area (Å²) >= 11 is 3.67. The third-order valence-corrected chi connectivity index (χ3v) is 5.01. The SMILES string of the molecule is FC(F)(F)SCCC1Cc2ccccc2C1Br. The third-order valence-electron chi connectivity index (χ3n) is 3.00. The molecule has 0 aromatic heterocycles.